The molecule has 84 valence electrons. The molecule has 2 fully saturated rings. The molecule has 0 radical (unpaired) electrons. The maximum Gasteiger partial charge on any atom is 0.139 e. The monoisotopic (exact) mass is 318 g/mol. The molecule has 1 nitrogen and oxygen atoms in total. The van der Waals surface area contributed by atoms with Gasteiger partial charge in [0.05, 0.1) is 0 Å². The Hall–Kier alpha value is 0.140. The third-order valence-corrected chi connectivity index (χ3v) is 4.99. The molecule has 2 saturated carbocycles. The van der Waals surface area contributed by atoms with Gasteiger partial charge < -0.3 is 0 Å². The summed E-state index contributed by atoms with van der Waals surface area (Å²) >= 11 is 2.33. The first-order valence-corrected chi connectivity index (χ1v) is 7.12. The van der Waals surface area contributed by atoms with Crippen LogP contribution >= 0.6 is 22.6 Å². The summed E-state index contributed by atoms with van der Waals surface area (Å²) in [5.74, 6) is 1.02. The molecule has 0 aromatic carbocycles. The molecule has 0 N–H and O–H groups in total. The Labute approximate surface area is 106 Å². The zero-order valence-corrected chi connectivity index (χ0v) is 11.4. The summed E-state index contributed by atoms with van der Waals surface area (Å²) < 4.78 is 1.21. The normalized spacial score (nSPS) is 36.9. The molecule has 2 heteroatoms. The van der Waals surface area contributed by atoms with Crippen molar-refractivity contribution in [3.63, 3.8) is 0 Å². The first-order valence-electron chi connectivity index (χ1n) is 6.04. The minimum absolute atomic E-state index is 0.00870. The van der Waals surface area contributed by atoms with Crippen molar-refractivity contribution in [2.24, 2.45) is 11.3 Å². The van der Waals surface area contributed by atoms with Crippen molar-refractivity contribution in [2.75, 3.05) is 0 Å². The zero-order chi connectivity index (χ0) is 10.9. The van der Waals surface area contributed by atoms with Gasteiger partial charge in [0.15, 0.2) is 0 Å². The van der Waals surface area contributed by atoms with Gasteiger partial charge >= 0.3 is 0 Å². The van der Waals surface area contributed by atoms with Crippen molar-refractivity contribution in [1.82, 2.24) is 0 Å². The largest absolute Gasteiger partial charge is 0.299 e. The van der Waals surface area contributed by atoms with E-state index in [-0.39, 0.29) is 5.41 Å². The van der Waals surface area contributed by atoms with Crippen LogP contribution < -0.4 is 0 Å². The SMILES string of the molecule is C=C(I)C1CCC[C@]12CCCCCC2=O. The third kappa shape index (κ3) is 2.02. The molecule has 0 aromatic heterocycles. The molecule has 2 aliphatic rings. The van der Waals surface area contributed by atoms with Gasteiger partial charge in [-0.25, -0.2) is 0 Å². The second kappa shape index (κ2) is 4.56. The number of rotatable bonds is 1. The Balaban J connectivity index is 2.28. The molecule has 2 atom stereocenters. The van der Waals surface area contributed by atoms with Crippen LogP contribution in [0.1, 0.15) is 51.4 Å². The quantitative estimate of drug-likeness (QED) is 0.661. The maximum absolute atomic E-state index is 12.3. The highest BCUT2D eigenvalue weighted by Crippen LogP contribution is 2.53. The van der Waals surface area contributed by atoms with Crippen LogP contribution in [-0.4, -0.2) is 5.78 Å². The van der Waals surface area contributed by atoms with E-state index in [9.17, 15) is 4.79 Å². The number of allylic oxidation sites excluding steroid dienone is 1. The summed E-state index contributed by atoms with van der Waals surface area (Å²) in [6, 6.07) is 0. The van der Waals surface area contributed by atoms with E-state index in [1.54, 1.807) is 0 Å². The van der Waals surface area contributed by atoms with Gasteiger partial charge in [0.25, 0.3) is 0 Å². The number of ketones is 1. The lowest BCUT2D eigenvalue weighted by atomic mass is 9.71. The minimum Gasteiger partial charge on any atom is -0.299 e. The molecule has 0 bridgehead atoms. The first-order chi connectivity index (χ1) is 7.17. The Bertz CT molecular complexity index is 284. The Morgan fingerprint density at radius 3 is 2.73 bits per heavy atom. The number of Topliss-reactive ketones (excluding diaryl/α,β-unsaturated/α-hetero) is 1. The first kappa shape index (κ1) is 11.6. The van der Waals surface area contributed by atoms with Crippen molar-refractivity contribution >= 4 is 28.4 Å². The molecule has 0 aliphatic heterocycles. The van der Waals surface area contributed by atoms with E-state index in [4.69, 9.17) is 0 Å². The summed E-state index contributed by atoms with van der Waals surface area (Å²) in [6.45, 7) is 4.09. The predicted octanol–water partition coefficient (Wildman–Crippen LogP) is 4.25. The van der Waals surface area contributed by atoms with Crippen LogP contribution in [0.4, 0.5) is 0 Å². The minimum atomic E-state index is 0.00870. The average molecular weight is 318 g/mol. The van der Waals surface area contributed by atoms with E-state index in [1.807, 2.05) is 0 Å². The van der Waals surface area contributed by atoms with Crippen LogP contribution in [0.2, 0.25) is 0 Å². The highest BCUT2D eigenvalue weighted by atomic mass is 127. The van der Waals surface area contributed by atoms with E-state index < -0.39 is 0 Å². The fourth-order valence-corrected chi connectivity index (χ4v) is 4.36. The summed E-state index contributed by atoms with van der Waals surface area (Å²) in [4.78, 5) is 12.3. The molecule has 0 amide bonds. The molecular weight excluding hydrogens is 299 g/mol. The van der Waals surface area contributed by atoms with Crippen LogP contribution in [-0.2, 0) is 4.79 Å². The fourth-order valence-electron chi connectivity index (χ4n) is 3.45. The van der Waals surface area contributed by atoms with Crippen LogP contribution in [0.15, 0.2) is 10.2 Å². The van der Waals surface area contributed by atoms with E-state index in [0.717, 1.165) is 25.7 Å². The Morgan fingerprint density at radius 2 is 2.00 bits per heavy atom. The smallest absolute Gasteiger partial charge is 0.139 e. The van der Waals surface area contributed by atoms with Gasteiger partial charge in [0.2, 0.25) is 0 Å². The lowest BCUT2D eigenvalue weighted by molar-refractivity contribution is -0.130. The van der Waals surface area contributed by atoms with E-state index in [1.165, 1.54) is 29.3 Å². The van der Waals surface area contributed by atoms with E-state index in [2.05, 4.69) is 29.2 Å². The molecule has 2 rings (SSSR count). The second-order valence-corrected chi connectivity index (χ2v) is 6.42. The highest BCUT2D eigenvalue weighted by molar-refractivity contribution is 14.1. The van der Waals surface area contributed by atoms with Gasteiger partial charge in [-0.2, -0.15) is 0 Å². The van der Waals surface area contributed by atoms with Gasteiger partial charge in [-0.3, -0.25) is 4.79 Å². The van der Waals surface area contributed by atoms with Gasteiger partial charge in [0, 0.05) is 17.8 Å². The maximum atomic E-state index is 12.3. The third-order valence-electron chi connectivity index (χ3n) is 4.24. The van der Waals surface area contributed by atoms with E-state index >= 15 is 0 Å². The molecule has 15 heavy (non-hydrogen) atoms. The lowest BCUT2D eigenvalue weighted by Crippen LogP contribution is -2.34. The number of carbonyl (C=O) groups excluding carboxylic acids is 1. The van der Waals surface area contributed by atoms with Crippen molar-refractivity contribution < 1.29 is 4.79 Å². The van der Waals surface area contributed by atoms with Crippen LogP contribution in [0.3, 0.4) is 0 Å². The van der Waals surface area contributed by atoms with Crippen molar-refractivity contribution in [3.8, 4) is 0 Å². The van der Waals surface area contributed by atoms with Crippen LogP contribution in [0, 0.1) is 11.3 Å². The molecular formula is C13H19IO. The molecule has 1 unspecified atom stereocenters. The average Bonchev–Trinajstić information content (AvgIpc) is 2.53. The number of halogens is 1. The van der Waals surface area contributed by atoms with Crippen molar-refractivity contribution in [2.45, 2.75) is 51.4 Å². The summed E-state index contributed by atoms with van der Waals surface area (Å²) in [5.41, 5.74) is 0.00870. The summed E-state index contributed by atoms with van der Waals surface area (Å²) in [7, 11) is 0. The van der Waals surface area contributed by atoms with E-state index in [0.29, 0.717) is 11.7 Å². The van der Waals surface area contributed by atoms with Gasteiger partial charge in [0.1, 0.15) is 5.78 Å². The predicted molar refractivity (Wildman–Crippen MR) is 71.0 cm³/mol. The van der Waals surface area contributed by atoms with Crippen molar-refractivity contribution in [1.29, 1.82) is 0 Å². The number of carbonyl (C=O) groups is 1. The van der Waals surface area contributed by atoms with Crippen molar-refractivity contribution in [3.05, 3.63) is 10.2 Å². The topological polar surface area (TPSA) is 17.1 Å². The van der Waals surface area contributed by atoms with Crippen LogP contribution in [0.5, 0.6) is 0 Å². The fraction of sp³-hybridized carbons (Fsp3) is 0.769. The Morgan fingerprint density at radius 1 is 1.27 bits per heavy atom. The zero-order valence-electron chi connectivity index (χ0n) is 9.23. The summed E-state index contributed by atoms with van der Waals surface area (Å²) in [5, 5.41) is 0. The van der Waals surface area contributed by atoms with Gasteiger partial charge in [-0.05, 0) is 51.9 Å². The molecule has 2 aliphatic carbocycles. The second-order valence-electron chi connectivity index (χ2n) is 5.03. The number of hydrogen-bond donors (Lipinski definition) is 0. The van der Waals surface area contributed by atoms with Gasteiger partial charge in [-0.1, -0.05) is 25.8 Å². The molecule has 0 aromatic rings. The van der Waals surface area contributed by atoms with Crippen LogP contribution in [0.25, 0.3) is 0 Å². The standard InChI is InChI=1S/C13H19IO/c1-10(14)11-6-5-9-13(11)8-4-2-3-7-12(13)15/h11H,1-9H2/t11?,13-/m1/s1. The number of hydrogen-bond acceptors (Lipinski definition) is 1. The lowest BCUT2D eigenvalue weighted by Gasteiger charge is -2.33. The highest BCUT2D eigenvalue weighted by Gasteiger charge is 2.48. The van der Waals surface area contributed by atoms with Gasteiger partial charge in [-0.15, -0.1) is 0 Å². The molecule has 1 spiro atoms. The summed E-state index contributed by atoms with van der Waals surface area (Å²) in [6.07, 6.45) is 9.07. The molecule has 0 heterocycles. The Kier molecular flexibility index (Phi) is 3.53. The molecule has 0 saturated heterocycles.